The van der Waals surface area contributed by atoms with Gasteiger partial charge in [0, 0.05) is 8.45 Å². The van der Waals surface area contributed by atoms with Gasteiger partial charge in [-0.15, -0.1) is 11.3 Å². The fourth-order valence-corrected chi connectivity index (χ4v) is 3.56. The third kappa shape index (κ3) is 3.20. The number of thiophene rings is 1. The lowest BCUT2D eigenvalue weighted by atomic mass is 10.1. The standard InChI is InChI=1S/C13H12Cl2INS/c1-2-17-12(13-9(14)5-6-18-13)8-3-4-11(16)10(15)7-8/h3-7,12,17H,2H2,1H3. The lowest BCUT2D eigenvalue weighted by Crippen LogP contribution is -2.21. The van der Waals surface area contributed by atoms with Crippen molar-refractivity contribution in [2.45, 2.75) is 13.0 Å². The molecular weight excluding hydrogens is 400 g/mol. The van der Waals surface area contributed by atoms with Crippen LogP contribution >= 0.6 is 57.1 Å². The molecule has 1 N–H and O–H groups in total. The SMILES string of the molecule is CCNC(c1ccc(I)c(Cl)c1)c1sccc1Cl. The maximum Gasteiger partial charge on any atom is 0.0686 e. The van der Waals surface area contributed by atoms with E-state index in [1.54, 1.807) is 11.3 Å². The Hall–Kier alpha value is 0.190. The van der Waals surface area contributed by atoms with E-state index in [-0.39, 0.29) is 6.04 Å². The van der Waals surface area contributed by atoms with Crippen LogP contribution < -0.4 is 5.32 Å². The topological polar surface area (TPSA) is 12.0 Å². The zero-order valence-electron chi connectivity index (χ0n) is 9.71. The van der Waals surface area contributed by atoms with Crippen LogP contribution in [0.3, 0.4) is 0 Å². The molecule has 18 heavy (non-hydrogen) atoms. The molecule has 0 aliphatic rings. The molecule has 1 aromatic carbocycles. The second-order valence-corrected chi connectivity index (χ2v) is 6.72. The molecule has 0 radical (unpaired) electrons. The van der Waals surface area contributed by atoms with E-state index in [2.05, 4.69) is 40.9 Å². The van der Waals surface area contributed by atoms with Gasteiger partial charge >= 0.3 is 0 Å². The van der Waals surface area contributed by atoms with Crippen LogP contribution in [0.25, 0.3) is 0 Å². The van der Waals surface area contributed by atoms with Gasteiger partial charge in [0.1, 0.15) is 0 Å². The van der Waals surface area contributed by atoms with Crippen LogP contribution in [0.4, 0.5) is 0 Å². The Labute approximate surface area is 135 Å². The highest BCUT2D eigenvalue weighted by atomic mass is 127. The Kier molecular flexibility index (Phi) is 5.33. The molecule has 0 fully saturated rings. The third-order valence-corrected chi connectivity index (χ3v) is 5.59. The molecule has 0 spiro atoms. The van der Waals surface area contributed by atoms with Crippen molar-refractivity contribution < 1.29 is 0 Å². The second-order valence-electron chi connectivity index (χ2n) is 3.80. The molecule has 1 unspecified atom stereocenters. The summed E-state index contributed by atoms with van der Waals surface area (Å²) in [6, 6.07) is 8.17. The fraction of sp³-hybridized carbons (Fsp3) is 0.231. The van der Waals surface area contributed by atoms with E-state index in [0.717, 1.165) is 30.6 Å². The molecule has 0 saturated carbocycles. The molecule has 0 aliphatic carbocycles. The zero-order valence-corrected chi connectivity index (χ0v) is 14.2. The quantitative estimate of drug-likeness (QED) is 0.668. The summed E-state index contributed by atoms with van der Waals surface area (Å²) in [4.78, 5) is 1.13. The van der Waals surface area contributed by atoms with Crippen molar-refractivity contribution in [2.24, 2.45) is 0 Å². The minimum Gasteiger partial charge on any atom is -0.306 e. The smallest absolute Gasteiger partial charge is 0.0686 e. The fourth-order valence-electron chi connectivity index (χ4n) is 1.77. The molecule has 5 heteroatoms. The minimum absolute atomic E-state index is 0.108. The normalized spacial score (nSPS) is 12.7. The summed E-state index contributed by atoms with van der Waals surface area (Å²) >= 11 is 16.3. The maximum absolute atomic E-state index is 6.23. The van der Waals surface area contributed by atoms with Crippen LogP contribution in [0.1, 0.15) is 23.4 Å². The van der Waals surface area contributed by atoms with Crippen LogP contribution in [0.15, 0.2) is 29.6 Å². The molecular formula is C13H12Cl2INS. The van der Waals surface area contributed by atoms with E-state index in [9.17, 15) is 0 Å². The zero-order chi connectivity index (χ0) is 13.1. The van der Waals surface area contributed by atoms with E-state index in [1.165, 1.54) is 0 Å². The monoisotopic (exact) mass is 411 g/mol. The van der Waals surface area contributed by atoms with Crippen LogP contribution in [-0.4, -0.2) is 6.54 Å². The van der Waals surface area contributed by atoms with Crippen molar-refractivity contribution in [3.8, 4) is 0 Å². The van der Waals surface area contributed by atoms with Gasteiger partial charge in [0.25, 0.3) is 0 Å². The van der Waals surface area contributed by atoms with E-state index in [4.69, 9.17) is 23.2 Å². The second kappa shape index (κ2) is 6.57. The predicted molar refractivity (Wildman–Crippen MR) is 89.0 cm³/mol. The molecule has 0 aliphatic heterocycles. The molecule has 2 rings (SSSR count). The summed E-state index contributed by atoms with van der Waals surface area (Å²) in [5.74, 6) is 0. The van der Waals surface area contributed by atoms with Crippen molar-refractivity contribution in [1.82, 2.24) is 5.32 Å². The average Bonchev–Trinajstić information content (AvgIpc) is 2.76. The van der Waals surface area contributed by atoms with Gasteiger partial charge in [0.15, 0.2) is 0 Å². The van der Waals surface area contributed by atoms with Crippen LogP contribution in [0.2, 0.25) is 10.0 Å². The van der Waals surface area contributed by atoms with E-state index < -0.39 is 0 Å². The van der Waals surface area contributed by atoms with Gasteiger partial charge in [-0.3, -0.25) is 0 Å². The molecule has 1 aromatic heterocycles. The molecule has 1 nitrogen and oxygen atoms in total. The van der Waals surface area contributed by atoms with Gasteiger partial charge in [-0.2, -0.15) is 0 Å². The molecule has 96 valence electrons. The summed E-state index contributed by atoms with van der Waals surface area (Å²) < 4.78 is 1.06. The Morgan fingerprint density at radius 3 is 2.61 bits per heavy atom. The van der Waals surface area contributed by atoms with Crippen molar-refractivity contribution >= 4 is 57.1 Å². The average molecular weight is 412 g/mol. The highest BCUT2D eigenvalue weighted by Gasteiger charge is 2.18. The Morgan fingerprint density at radius 2 is 2.06 bits per heavy atom. The van der Waals surface area contributed by atoms with Gasteiger partial charge in [-0.25, -0.2) is 0 Å². The van der Waals surface area contributed by atoms with Gasteiger partial charge in [-0.05, 0) is 58.3 Å². The Morgan fingerprint density at radius 1 is 1.28 bits per heavy atom. The van der Waals surface area contributed by atoms with Crippen LogP contribution in [-0.2, 0) is 0 Å². The number of hydrogen-bond acceptors (Lipinski definition) is 2. The summed E-state index contributed by atoms with van der Waals surface area (Å²) in [5, 5.41) is 7.05. The first kappa shape index (κ1) is 14.6. The summed E-state index contributed by atoms with van der Waals surface area (Å²) in [5.41, 5.74) is 1.15. The van der Waals surface area contributed by atoms with E-state index >= 15 is 0 Å². The first-order chi connectivity index (χ1) is 8.63. The van der Waals surface area contributed by atoms with E-state index in [0.29, 0.717) is 0 Å². The number of rotatable bonds is 4. The van der Waals surface area contributed by atoms with Crippen LogP contribution in [0, 0.1) is 3.57 Å². The summed E-state index contributed by atoms with van der Waals surface area (Å²) in [7, 11) is 0. The van der Waals surface area contributed by atoms with Gasteiger partial charge in [0.05, 0.1) is 16.1 Å². The number of halogens is 3. The van der Waals surface area contributed by atoms with Crippen LogP contribution in [0.5, 0.6) is 0 Å². The number of hydrogen-bond donors (Lipinski definition) is 1. The van der Waals surface area contributed by atoms with Crippen molar-refractivity contribution in [3.63, 3.8) is 0 Å². The minimum atomic E-state index is 0.108. The highest BCUT2D eigenvalue weighted by Crippen LogP contribution is 2.34. The van der Waals surface area contributed by atoms with E-state index in [1.807, 2.05) is 23.6 Å². The maximum atomic E-state index is 6.23. The molecule has 1 heterocycles. The van der Waals surface area contributed by atoms with Crippen molar-refractivity contribution in [1.29, 1.82) is 0 Å². The summed E-state index contributed by atoms with van der Waals surface area (Å²) in [6.07, 6.45) is 0. The van der Waals surface area contributed by atoms with Gasteiger partial charge in [0.2, 0.25) is 0 Å². The number of benzene rings is 1. The first-order valence-electron chi connectivity index (χ1n) is 5.54. The highest BCUT2D eigenvalue weighted by molar-refractivity contribution is 14.1. The third-order valence-electron chi connectivity index (χ3n) is 2.59. The molecule has 2 aromatic rings. The number of nitrogens with one attached hydrogen (secondary N) is 1. The molecule has 0 amide bonds. The van der Waals surface area contributed by atoms with Gasteiger partial charge < -0.3 is 5.32 Å². The molecule has 0 saturated heterocycles. The lowest BCUT2D eigenvalue weighted by Gasteiger charge is -2.18. The first-order valence-corrected chi connectivity index (χ1v) is 8.26. The Balaban J connectivity index is 2.41. The lowest BCUT2D eigenvalue weighted by molar-refractivity contribution is 0.640. The molecule has 1 atom stereocenters. The van der Waals surface area contributed by atoms with Gasteiger partial charge in [-0.1, -0.05) is 36.2 Å². The molecule has 0 bridgehead atoms. The predicted octanol–water partition coefficient (Wildman–Crippen LogP) is 5.36. The largest absolute Gasteiger partial charge is 0.306 e. The summed E-state index contributed by atoms with van der Waals surface area (Å²) in [6.45, 7) is 2.96. The Bertz CT molecular complexity index is 542. The van der Waals surface area contributed by atoms with Crippen molar-refractivity contribution in [2.75, 3.05) is 6.54 Å². The van der Waals surface area contributed by atoms with Crippen molar-refractivity contribution in [3.05, 3.63) is 53.7 Å².